The van der Waals surface area contributed by atoms with E-state index in [4.69, 9.17) is 0 Å². The van der Waals surface area contributed by atoms with Gasteiger partial charge in [-0.1, -0.05) is 54.1 Å². The van der Waals surface area contributed by atoms with Crippen LogP contribution in [0.5, 0.6) is 0 Å². The van der Waals surface area contributed by atoms with Crippen molar-refractivity contribution in [2.45, 2.75) is 37.8 Å². The van der Waals surface area contributed by atoms with Gasteiger partial charge in [-0.05, 0) is 99.0 Å². The van der Waals surface area contributed by atoms with Gasteiger partial charge in [-0.3, -0.25) is 14.4 Å². The summed E-state index contributed by atoms with van der Waals surface area (Å²) in [5.41, 5.74) is 5.94. The molecule has 0 aliphatic carbocycles. The summed E-state index contributed by atoms with van der Waals surface area (Å²) in [5.74, 6) is -0.908. The van der Waals surface area contributed by atoms with Crippen molar-refractivity contribution in [3.05, 3.63) is 131 Å². The number of benzene rings is 4. The Morgan fingerprint density at radius 1 is 0.707 bits per heavy atom. The number of nitrogens with one attached hydrogen (secondary N) is 3. The molecule has 1 unspecified atom stereocenters. The predicted molar refractivity (Wildman–Crippen MR) is 168 cm³/mol. The molecule has 0 aliphatic heterocycles. The van der Waals surface area contributed by atoms with Crippen LogP contribution >= 0.6 is 11.8 Å². The standard InChI is InChI=1S/C34H33N3O3S/c1-22-9-8-10-26(18-22)21-31(37-33(39)27-11-6-5-7-12-27)34(40)35-28-13-15-30(16-14-28)41-25(4)32(38)36-29-19-23(2)17-24(3)20-29/h5-21,25H,1-4H3,(H,35,40)(H,36,38)(H,37,39)/b31-21-. The van der Waals surface area contributed by atoms with Crippen LogP contribution in [0, 0.1) is 20.8 Å². The molecule has 0 spiro atoms. The maximum Gasteiger partial charge on any atom is 0.272 e. The van der Waals surface area contributed by atoms with Gasteiger partial charge in [0, 0.05) is 21.8 Å². The normalized spacial score (nSPS) is 11.9. The lowest BCUT2D eigenvalue weighted by Crippen LogP contribution is -2.30. The van der Waals surface area contributed by atoms with Crippen molar-refractivity contribution in [3.8, 4) is 0 Å². The fourth-order valence-electron chi connectivity index (χ4n) is 4.23. The quantitative estimate of drug-likeness (QED) is 0.149. The Labute approximate surface area is 245 Å². The molecule has 6 nitrogen and oxygen atoms in total. The van der Waals surface area contributed by atoms with Crippen LogP contribution in [0.1, 0.15) is 39.5 Å². The molecule has 0 aliphatic rings. The average Bonchev–Trinajstić information content (AvgIpc) is 2.93. The number of thioether (sulfide) groups is 1. The number of carbonyl (C=O) groups is 3. The predicted octanol–water partition coefficient (Wildman–Crippen LogP) is 7.14. The van der Waals surface area contributed by atoms with Gasteiger partial charge in [-0.15, -0.1) is 11.8 Å². The average molecular weight is 564 g/mol. The van der Waals surface area contributed by atoms with E-state index in [0.717, 1.165) is 32.8 Å². The Kier molecular flexibility index (Phi) is 9.77. The summed E-state index contributed by atoms with van der Waals surface area (Å²) in [6.07, 6.45) is 1.66. The maximum atomic E-state index is 13.3. The van der Waals surface area contributed by atoms with Crippen molar-refractivity contribution in [2.24, 2.45) is 0 Å². The van der Waals surface area contributed by atoms with E-state index in [1.165, 1.54) is 11.8 Å². The van der Waals surface area contributed by atoms with Crippen LogP contribution in [0.3, 0.4) is 0 Å². The van der Waals surface area contributed by atoms with Gasteiger partial charge < -0.3 is 16.0 Å². The number of amides is 3. The first-order valence-corrected chi connectivity index (χ1v) is 14.2. The van der Waals surface area contributed by atoms with Crippen molar-refractivity contribution < 1.29 is 14.4 Å². The van der Waals surface area contributed by atoms with E-state index < -0.39 is 5.91 Å². The zero-order valence-electron chi connectivity index (χ0n) is 23.5. The van der Waals surface area contributed by atoms with Gasteiger partial charge in [0.15, 0.2) is 0 Å². The first kappa shape index (κ1) is 29.4. The number of rotatable bonds is 9. The van der Waals surface area contributed by atoms with E-state index in [9.17, 15) is 14.4 Å². The highest BCUT2D eigenvalue weighted by molar-refractivity contribution is 8.00. The van der Waals surface area contributed by atoms with Crippen LogP contribution < -0.4 is 16.0 Å². The summed E-state index contributed by atoms with van der Waals surface area (Å²) in [7, 11) is 0. The molecule has 0 radical (unpaired) electrons. The van der Waals surface area contributed by atoms with E-state index >= 15 is 0 Å². The van der Waals surface area contributed by atoms with Gasteiger partial charge >= 0.3 is 0 Å². The molecular formula is C34H33N3O3S. The van der Waals surface area contributed by atoms with Crippen molar-refractivity contribution in [1.82, 2.24) is 5.32 Å². The first-order chi connectivity index (χ1) is 19.7. The highest BCUT2D eigenvalue weighted by Crippen LogP contribution is 2.26. The van der Waals surface area contributed by atoms with Gasteiger partial charge in [0.2, 0.25) is 5.91 Å². The van der Waals surface area contributed by atoms with Gasteiger partial charge in [-0.2, -0.15) is 0 Å². The second-order valence-electron chi connectivity index (χ2n) is 9.90. The molecule has 0 fully saturated rings. The van der Waals surface area contributed by atoms with Crippen LogP contribution in [-0.2, 0) is 9.59 Å². The Bertz CT molecular complexity index is 1560. The fraction of sp³-hybridized carbons (Fsp3) is 0.147. The third-order valence-corrected chi connectivity index (χ3v) is 7.28. The smallest absolute Gasteiger partial charge is 0.272 e. The fourth-order valence-corrected chi connectivity index (χ4v) is 5.10. The molecule has 41 heavy (non-hydrogen) atoms. The molecule has 0 saturated carbocycles. The summed E-state index contributed by atoms with van der Waals surface area (Å²) in [6, 6.07) is 29.6. The van der Waals surface area contributed by atoms with Gasteiger partial charge in [0.1, 0.15) is 5.70 Å². The maximum absolute atomic E-state index is 13.3. The monoisotopic (exact) mass is 563 g/mol. The van der Waals surface area contributed by atoms with Crippen LogP contribution in [-0.4, -0.2) is 23.0 Å². The van der Waals surface area contributed by atoms with Crippen molar-refractivity contribution in [3.63, 3.8) is 0 Å². The molecule has 0 heterocycles. The lowest BCUT2D eigenvalue weighted by atomic mass is 10.1. The third-order valence-electron chi connectivity index (χ3n) is 6.17. The van der Waals surface area contributed by atoms with Gasteiger partial charge in [-0.25, -0.2) is 0 Å². The lowest BCUT2D eigenvalue weighted by molar-refractivity contribution is -0.115. The summed E-state index contributed by atoms with van der Waals surface area (Å²) in [6.45, 7) is 7.82. The number of carbonyl (C=O) groups excluding carboxylic acids is 3. The third kappa shape index (κ3) is 8.68. The minimum atomic E-state index is -0.447. The minimum absolute atomic E-state index is 0.0857. The van der Waals surface area contributed by atoms with Gasteiger partial charge in [0.25, 0.3) is 11.8 Å². The van der Waals surface area contributed by atoms with E-state index in [1.54, 1.807) is 42.5 Å². The number of hydrogen-bond donors (Lipinski definition) is 3. The summed E-state index contributed by atoms with van der Waals surface area (Å²) in [5, 5.41) is 8.29. The van der Waals surface area contributed by atoms with Crippen LogP contribution in [0.15, 0.2) is 108 Å². The Balaban J connectivity index is 1.43. The number of hydrogen-bond acceptors (Lipinski definition) is 4. The van der Waals surface area contributed by atoms with E-state index in [2.05, 4.69) is 22.0 Å². The largest absolute Gasteiger partial charge is 0.325 e. The topological polar surface area (TPSA) is 87.3 Å². The molecule has 0 bridgehead atoms. The molecule has 0 aromatic heterocycles. The minimum Gasteiger partial charge on any atom is -0.325 e. The number of anilines is 2. The molecule has 4 aromatic rings. The SMILES string of the molecule is Cc1cccc(/C=C(\NC(=O)c2ccccc2)C(=O)Nc2ccc(SC(C)C(=O)Nc3cc(C)cc(C)c3)cc2)c1. The molecule has 4 rings (SSSR count). The van der Waals surface area contributed by atoms with E-state index in [-0.39, 0.29) is 22.8 Å². The number of aryl methyl sites for hydroxylation is 3. The van der Waals surface area contributed by atoms with Crippen LogP contribution in [0.2, 0.25) is 0 Å². The van der Waals surface area contributed by atoms with E-state index in [1.807, 2.05) is 82.3 Å². The summed E-state index contributed by atoms with van der Waals surface area (Å²) in [4.78, 5) is 39.8. The van der Waals surface area contributed by atoms with Crippen molar-refractivity contribution >= 4 is 46.9 Å². The second kappa shape index (κ2) is 13.6. The molecule has 7 heteroatoms. The molecule has 1 atom stereocenters. The molecule has 208 valence electrons. The van der Waals surface area contributed by atoms with Gasteiger partial charge in [0.05, 0.1) is 5.25 Å². The molecule has 3 N–H and O–H groups in total. The molecule has 4 aromatic carbocycles. The second-order valence-corrected chi connectivity index (χ2v) is 11.3. The van der Waals surface area contributed by atoms with Crippen LogP contribution in [0.25, 0.3) is 6.08 Å². The summed E-state index contributed by atoms with van der Waals surface area (Å²) >= 11 is 1.43. The van der Waals surface area contributed by atoms with Crippen molar-refractivity contribution in [1.29, 1.82) is 0 Å². The van der Waals surface area contributed by atoms with Crippen molar-refractivity contribution in [2.75, 3.05) is 10.6 Å². The molecule has 3 amide bonds. The first-order valence-electron chi connectivity index (χ1n) is 13.3. The zero-order chi connectivity index (χ0) is 29.4. The molecule has 0 saturated heterocycles. The van der Waals surface area contributed by atoms with E-state index in [0.29, 0.717) is 11.3 Å². The highest BCUT2D eigenvalue weighted by atomic mass is 32.2. The summed E-state index contributed by atoms with van der Waals surface area (Å²) < 4.78 is 0. The zero-order valence-corrected chi connectivity index (χ0v) is 24.3. The Morgan fingerprint density at radius 2 is 1.39 bits per heavy atom. The van der Waals surface area contributed by atoms with Crippen LogP contribution in [0.4, 0.5) is 11.4 Å². The lowest BCUT2D eigenvalue weighted by Gasteiger charge is -2.14. The highest BCUT2D eigenvalue weighted by Gasteiger charge is 2.17. The Hall–Kier alpha value is -4.62. The Morgan fingerprint density at radius 3 is 2.05 bits per heavy atom. The molecular weight excluding hydrogens is 530 g/mol.